The molecule has 0 N–H and O–H groups in total. The average molecular weight is 436 g/mol. The molecule has 0 unspecified atom stereocenters. The van der Waals surface area contributed by atoms with Gasteiger partial charge in [-0.25, -0.2) is 0 Å². The molecular weight excluding hydrogens is 398 g/mol. The van der Waals surface area contributed by atoms with E-state index in [1.807, 2.05) is 12.1 Å². The fourth-order valence-corrected chi connectivity index (χ4v) is 5.32. The Hall–Kier alpha value is -1.59. The summed E-state index contributed by atoms with van der Waals surface area (Å²) < 4.78 is 0. The molecule has 1 aliphatic heterocycles. The summed E-state index contributed by atoms with van der Waals surface area (Å²) in [5.74, 6) is 0. The number of nitrogens with zero attached hydrogens (tertiary/aromatic N) is 3. The van der Waals surface area contributed by atoms with Crippen molar-refractivity contribution >= 4 is 29.4 Å². The number of nitro groups is 1. The lowest BCUT2D eigenvalue weighted by atomic mass is 9.65. The Morgan fingerprint density at radius 1 is 1.10 bits per heavy atom. The van der Waals surface area contributed by atoms with Crippen LogP contribution in [0.15, 0.2) is 24.3 Å². The second kappa shape index (κ2) is 9.69. The maximum atomic E-state index is 11.5. The molecule has 0 spiro atoms. The zero-order chi connectivity index (χ0) is 21.2. The van der Waals surface area contributed by atoms with Crippen LogP contribution in [0.2, 0.25) is 0 Å². The molecule has 168 valence electrons. The van der Waals surface area contributed by atoms with Gasteiger partial charge in [0.05, 0.1) is 4.92 Å². The Labute approximate surface area is 188 Å². The molecule has 3 rings (SSSR count). The van der Waals surface area contributed by atoms with Gasteiger partial charge in [0.15, 0.2) is 0 Å². The van der Waals surface area contributed by atoms with Crippen LogP contribution < -0.4 is 4.90 Å². The highest BCUT2D eigenvalue weighted by molar-refractivity contribution is 5.85. The van der Waals surface area contributed by atoms with E-state index in [9.17, 15) is 10.1 Å². The second-order valence-corrected chi connectivity index (χ2v) is 10.3. The van der Waals surface area contributed by atoms with Gasteiger partial charge in [-0.3, -0.25) is 15.0 Å². The molecule has 2 aliphatic rings. The molecule has 1 heterocycles. The van der Waals surface area contributed by atoms with Crippen molar-refractivity contribution in [2.45, 2.75) is 60.3 Å². The number of halogens is 1. The van der Waals surface area contributed by atoms with Gasteiger partial charge in [0.25, 0.3) is 5.69 Å². The van der Waals surface area contributed by atoms with Crippen LogP contribution in [0.3, 0.4) is 0 Å². The minimum atomic E-state index is -0.268. The number of rotatable bonds is 6. The molecule has 1 fully saturated rings. The van der Waals surface area contributed by atoms with Crippen LogP contribution in [0, 0.1) is 20.9 Å². The van der Waals surface area contributed by atoms with Gasteiger partial charge in [0, 0.05) is 49.6 Å². The summed E-state index contributed by atoms with van der Waals surface area (Å²) >= 11 is 0. The van der Waals surface area contributed by atoms with E-state index in [2.05, 4.69) is 50.5 Å². The van der Waals surface area contributed by atoms with E-state index in [1.54, 1.807) is 6.07 Å². The summed E-state index contributed by atoms with van der Waals surface area (Å²) in [6.45, 7) is 16.7. The topological polar surface area (TPSA) is 49.6 Å². The maximum absolute atomic E-state index is 11.5. The zero-order valence-corrected chi connectivity index (χ0v) is 20.1. The predicted molar refractivity (Wildman–Crippen MR) is 129 cm³/mol. The molecule has 1 aromatic carbocycles. The Balaban J connectivity index is 0.00000320. The van der Waals surface area contributed by atoms with Crippen molar-refractivity contribution in [2.75, 3.05) is 37.6 Å². The van der Waals surface area contributed by atoms with E-state index >= 15 is 0 Å². The molecule has 1 aliphatic carbocycles. The average Bonchev–Trinajstić information content (AvgIpc) is 2.64. The molecule has 0 atom stereocenters. The lowest BCUT2D eigenvalue weighted by Crippen LogP contribution is -2.47. The summed E-state index contributed by atoms with van der Waals surface area (Å²) in [6.07, 6.45) is 6.93. The molecular formula is C24H38ClN3O2. The SMILES string of the molecule is CCCCN1CCN(c2ccc([N+](=O)[O-])cc2C2=CC(C)(C)CC(C)(C)C2)CC1.Cl. The van der Waals surface area contributed by atoms with Gasteiger partial charge >= 0.3 is 0 Å². The third-order valence-electron chi connectivity index (χ3n) is 6.25. The Bertz CT molecular complexity index is 781. The third kappa shape index (κ3) is 5.98. The number of unbranched alkanes of at least 4 members (excludes halogenated alkanes) is 1. The number of hydrogen-bond donors (Lipinski definition) is 0. The molecule has 0 aromatic heterocycles. The largest absolute Gasteiger partial charge is 0.368 e. The first-order chi connectivity index (χ1) is 13.6. The number of allylic oxidation sites excluding steroid dienone is 2. The summed E-state index contributed by atoms with van der Waals surface area (Å²) in [4.78, 5) is 16.2. The van der Waals surface area contributed by atoms with Gasteiger partial charge in [0.2, 0.25) is 0 Å². The first-order valence-corrected chi connectivity index (χ1v) is 11.1. The molecule has 0 saturated carbocycles. The second-order valence-electron chi connectivity index (χ2n) is 10.3. The van der Waals surface area contributed by atoms with Crippen LogP contribution in [-0.2, 0) is 0 Å². The van der Waals surface area contributed by atoms with Crippen molar-refractivity contribution in [3.8, 4) is 0 Å². The fraction of sp³-hybridized carbons (Fsp3) is 0.667. The number of hydrogen-bond acceptors (Lipinski definition) is 4. The standard InChI is InChI=1S/C24H37N3O2.ClH/c1-6-7-10-25-11-13-26(14-12-25)22-9-8-20(27(28)29)15-21(22)19-16-23(2,3)18-24(4,5)17-19;/h8-9,15-16H,6-7,10-14,17-18H2,1-5H3;1H. The van der Waals surface area contributed by atoms with Crippen LogP contribution in [-0.4, -0.2) is 42.5 Å². The van der Waals surface area contributed by atoms with E-state index < -0.39 is 0 Å². The highest BCUT2D eigenvalue weighted by Gasteiger charge is 2.35. The van der Waals surface area contributed by atoms with Crippen LogP contribution >= 0.6 is 12.4 Å². The van der Waals surface area contributed by atoms with Gasteiger partial charge in [-0.05, 0) is 48.3 Å². The van der Waals surface area contributed by atoms with Crippen LogP contribution in [0.5, 0.6) is 0 Å². The summed E-state index contributed by atoms with van der Waals surface area (Å²) in [5.41, 5.74) is 3.95. The van der Waals surface area contributed by atoms with E-state index in [4.69, 9.17) is 0 Å². The molecule has 0 bridgehead atoms. The predicted octanol–water partition coefficient (Wildman–Crippen LogP) is 6.17. The van der Waals surface area contributed by atoms with Crippen molar-refractivity contribution in [3.63, 3.8) is 0 Å². The lowest BCUT2D eigenvalue weighted by molar-refractivity contribution is -0.384. The molecule has 6 heteroatoms. The molecule has 0 amide bonds. The Kier molecular flexibility index (Phi) is 7.97. The van der Waals surface area contributed by atoms with Crippen LogP contribution in [0.1, 0.15) is 65.9 Å². The number of non-ortho nitro benzene ring substituents is 1. The minimum absolute atomic E-state index is 0. The maximum Gasteiger partial charge on any atom is 0.270 e. The van der Waals surface area contributed by atoms with E-state index in [1.165, 1.54) is 25.0 Å². The van der Waals surface area contributed by atoms with Gasteiger partial charge < -0.3 is 4.90 Å². The third-order valence-corrected chi connectivity index (χ3v) is 6.25. The zero-order valence-electron chi connectivity index (χ0n) is 19.2. The van der Waals surface area contributed by atoms with E-state index in [-0.39, 0.29) is 33.8 Å². The normalized spacial score (nSPS) is 21.0. The summed E-state index contributed by atoms with van der Waals surface area (Å²) in [6, 6.07) is 5.45. The molecule has 0 radical (unpaired) electrons. The number of nitro benzene ring substituents is 1. The minimum Gasteiger partial charge on any atom is -0.368 e. The fourth-order valence-electron chi connectivity index (χ4n) is 5.32. The molecule has 1 saturated heterocycles. The van der Waals surface area contributed by atoms with E-state index in [0.29, 0.717) is 0 Å². The Morgan fingerprint density at radius 2 is 1.77 bits per heavy atom. The number of benzene rings is 1. The quantitative estimate of drug-likeness (QED) is 0.396. The monoisotopic (exact) mass is 435 g/mol. The summed E-state index contributed by atoms with van der Waals surface area (Å²) in [5, 5.41) is 11.5. The lowest BCUT2D eigenvalue weighted by Gasteiger charge is -2.41. The van der Waals surface area contributed by atoms with Crippen molar-refractivity contribution in [1.82, 2.24) is 4.90 Å². The smallest absolute Gasteiger partial charge is 0.270 e. The Morgan fingerprint density at radius 3 is 2.33 bits per heavy atom. The van der Waals surface area contributed by atoms with E-state index in [0.717, 1.165) is 50.3 Å². The van der Waals surface area contributed by atoms with Crippen LogP contribution in [0.4, 0.5) is 11.4 Å². The van der Waals surface area contributed by atoms with Crippen LogP contribution in [0.25, 0.3) is 5.57 Å². The summed E-state index contributed by atoms with van der Waals surface area (Å²) in [7, 11) is 0. The van der Waals surface area contributed by atoms with Gasteiger partial charge in [0.1, 0.15) is 0 Å². The first-order valence-electron chi connectivity index (χ1n) is 11.1. The van der Waals surface area contributed by atoms with Gasteiger partial charge in [-0.2, -0.15) is 0 Å². The van der Waals surface area contributed by atoms with Gasteiger partial charge in [-0.1, -0.05) is 47.1 Å². The van der Waals surface area contributed by atoms with Crippen molar-refractivity contribution in [2.24, 2.45) is 10.8 Å². The first kappa shape index (κ1) is 24.7. The van der Waals surface area contributed by atoms with Gasteiger partial charge in [-0.15, -0.1) is 12.4 Å². The highest BCUT2D eigenvalue weighted by Crippen LogP contribution is 2.49. The highest BCUT2D eigenvalue weighted by atomic mass is 35.5. The molecule has 30 heavy (non-hydrogen) atoms. The van der Waals surface area contributed by atoms with Crippen molar-refractivity contribution in [3.05, 3.63) is 40.0 Å². The number of anilines is 1. The molecule has 1 aromatic rings. The van der Waals surface area contributed by atoms with Crippen molar-refractivity contribution in [1.29, 1.82) is 0 Å². The molecule has 5 nitrogen and oxygen atoms in total. The number of piperazine rings is 1. The van der Waals surface area contributed by atoms with Crippen molar-refractivity contribution < 1.29 is 4.92 Å².